The highest BCUT2D eigenvalue weighted by Gasteiger charge is 2.07. The van der Waals surface area contributed by atoms with E-state index in [-0.39, 0.29) is 19.0 Å². The maximum absolute atomic E-state index is 10.9. The molecule has 0 radical (unpaired) electrons. The molecule has 1 aromatic rings. The molecule has 0 aliphatic rings. The van der Waals surface area contributed by atoms with Gasteiger partial charge < -0.3 is 9.84 Å². The van der Waals surface area contributed by atoms with Crippen molar-refractivity contribution in [2.24, 2.45) is 0 Å². The van der Waals surface area contributed by atoms with E-state index < -0.39 is 9.84 Å². The van der Waals surface area contributed by atoms with Gasteiger partial charge in [0.25, 0.3) is 0 Å². The van der Waals surface area contributed by atoms with Gasteiger partial charge in [0.1, 0.15) is 18.1 Å². The third-order valence-electron chi connectivity index (χ3n) is 1.93. The monoisotopic (exact) mass is 245 g/mol. The number of aliphatic hydroxyl groups is 1. The predicted octanol–water partition coefficient (Wildman–Crippen LogP) is 0.306. The molecule has 0 aromatic carbocycles. The molecule has 0 unspecified atom stereocenters. The quantitative estimate of drug-likeness (QED) is 0.807. The summed E-state index contributed by atoms with van der Waals surface area (Å²) in [4.78, 5) is 4.08. The van der Waals surface area contributed by atoms with Crippen molar-refractivity contribution in [3.63, 3.8) is 0 Å². The number of rotatable bonds is 5. The lowest BCUT2D eigenvalue weighted by Crippen LogP contribution is -2.13. The van der Waals surface area contributed by atoms with E-state index in [2.05, 4.69) is 4.98 Å². The number of sulfone groups is 1. The van der Waals surface area contributed by atoms with Gasteiger partial charge >= 0.3 is 0 Å². The Balaban J connectivity index is 2.67. The Morgan fingerprint density at radius 3 is 2.69 bits per heavy atom. The molecule has 0 aliphatic carbocycles. The summed E-state index contributed by atoms with van der Waals surface area (Å²) >= 11 is 0. The summed E-state index contributed by atoms with van der Waals surface area (Å²) in [6, 6.07) is 3.42. The number of pyridine rings is 1. The minimum atomic E-state index is -3.03. The van der Waals surface area contributed by atoms with Gasteiger partial charge in [0.15, 0.2) is 9.84 Å². The van der Waals surface area contributed by atoms with E-state index in [1.165, 1.54) is 0 Å². The van der Waals surface area contributed by atoms with E-state index >= 15 is 0 Å². The lowest BCUT2D eigenvalue weighted by molar-refractivity contribution is 0.261. The lowest BCUT2D eigenvalue weighted by Gasteiger charge is -2.09. The molecule has 0 atom stereocenters. The van der Waals surface area contributed by atoms with E-state index in [0.29, 0.717) is 11.4 Å². The van der Waals surface area contributed by atoms with Crippen LogP contribution in [0.15, 0.2) is 12.1 Å². The van der Waals surface area contributed by atoms with E-state index in [0.717, 1.165) is 11.9 Å². The summed E-state index contributed by atoms with van der Waals surface area (Å²) in [6.45, 7) is 1.64. The van der Waals surface area contributed by atoms with Crippen molar-refractivity contribution >= 4 is 9.84 Å². The summed E-state index contributed by atoms with van der Waals surface area (Å²) in [5.74, 6) is 0.378. The van der Waals surface area contributed by atoms with Gasteiger partial charge in [-0.25, -0.2) is 8.42 Å². The second-order valence-electron chi connectivity index (χ2n) is 3.53. The van der Waals surface area contributed by atoms with E-state index in [4.69, 9.17) is 9.84 Å². The summed E-state index contributed by atoms with van der Waals surface area (Å²) in [5.41, 5.74) is 1.20. The summed E-state index contributed by atoms with van der Waals surface area (Å²) in [7, 11) is -3.03. The molecule has 1 heterocycles. The topological polar surface area (TPSA) is 76.5 Å². The second-order valence-corrected chi connectivity index (χ2v) is 5.79. The Hall–Kier alpha value is -1.14. The number of nitrogens with zero attached hydrogens (tertiary/aromatic N) is 1. The summed E-state index contributed by atoms with van der Waals surface area (Å²) in [6.07, 6.45) is 1.15. The first kappa shape index (κ1) is 12.9. The fraction of sp³-hybridized carbons (Fsp3) is 0.500. The van der Waals surface area contributed by atoms with Crippen LogP contribution in [0.4, 0.5) is 0 Å². The molecule has 1 N–H and O–H groups in total. The minimum absolute atomic E-state index is 0.0499. The normalized spacial score (nSPS) is 11.4. The highest BCUT2D eigenvalue weighted by molar-refractivity contribution is 7.90. The van der Waals surface area contributed by atoms with Gasteiger partial charge in [0, 0.05) is 11.9 Å². The van der Waals surface area contributed by atoms with Crippen LogP contribution in [0.5, 0.6) is 5.75 Å². The van der Waals surface area contributed by atoms with Crippen LogP contribution in [-0.4, -0.2) is 37.1 Å². The Bertz CT molecular complexity index is 456. The standard InChI is InChI=1S/C10H15NO4S/c1-8-3-4-10(9(7-12)11-8)15-5-6-16(2,13)14/h3-4,12H,5-7H2,1-2H3. The van der Waals surface area contributed by atoms with Crippen LogP contribution in [0.25, 0.3) is 0 Å². The number of aryl methyl sites for hydroxylation is 1. The molecular formula is C10H15NO4S. The van der Waals surface area contributed by atoms with Crippen LogP contribution in [0.2, 0.25) is 0 Å². The van der Waals surface area contributed by atoms with Crippen LogP contribution in [0.3, 0.4) is 0 Å². The number of hydrogen-bond donors (Lipinski definition) is 1. The van der Waals surface area contributed by atoms with Gasteiger partial charge in [-0.1, -0.05) is 0 Å². The van der Waals surface area contributed by atoms with Crippen LogP contribution in [0.1, 0.15) is 11.4 Å². The first-order chi connectivity index (χ1) is 7.42. The zero-order valence-corrected chi connectivity index (χ0v) is 10.1. The number of aliphatic hydroxyl groups excluding tert-OH is 1. The Labute approximate surface area is 95.0 Å². The first-order valence-corrected chi connectivity index (χ1v) is 6.86. The fourth-order valence-corrected chi connectivity index (χ4v) is 1.53. The minimum Gasteiger partial charge on any atom is -0.491 e. The van der Waals surface area contributed by atoms with Gasteiger partial charge in [-0.05, 0) is 19.1 Å². The largest absolute Gasteiger partial charge is 0.491 e. The molecule has 5 nitrogen and oxygen atoms in total. The highest BCUT2D eigenvalue weighted by atomic mass is 32.2. The van der Waals surface area contributed by atoms with Crippen molar-refractivity contribution in [3.8, 4) is 5.75 Å². The van der Waals surface area contributed by atoms with E-state index in [1.807, 2.05) is 0 Å². The Kier molecular flexibility index (Phi) is 4.26. The zero-order chi connectivity index (χ0) is 12.2. The lowest BCUT2D eigenvalue weighted by atomic mass is 10.3. The van der Waals surface area contributed by atoms with Crippen molar-refractivity contribution < 1.29 is 18.3 Å². The SMILES string of the molecule is Cc1ccc(OCCS(C)(=O)=O)c(CO)n1. The zero-order valence-electron chi connectivity index (χ0n) is 9.30. The van der Waals surface area contributed by atoms with Gasteiger partial charge in [0.05, 0.1) is 12.4 Å². The van der Waals surface area contributed by atoms with Crippen LogP contribution in [0, 0.1) is 6.92 Å². The Morgan fingerprint density at radius 2 is 2.12 bits per heavy atom. The molecular weight excluding hydrogens is 230 g/mol. The fourth-order valence-electron chi connectivity index (χ4n) is 1.15. The predicted molar refractivity (Wildman–Crippen MR) is 60.1 cm³/mol. The van der Waals surface area contributed by atoms with Crippen molar-refractivity contribution in [3.05, 3.63) is 23.5 Å². The average molecular weight is 245 g/mol. The molecule has 0 bridgehead atoms. The molecule has 0 amide bonds. The number of hydrogen-bond acceptors (Lipinski definition) is 5. The highest BCUT2D eigenvalue weighted by Crippen LogP contribution is 2.16. The van der Waals surface area contributed by atoms with Gasteiger partial charge in [-0.15, -0.1) is 0 Å². The molecule has 90 valence electrons. The third kappa shape index (κ3) is 4.16. The second kappa shape index (κ2) is 5.27. The number of aromatic nitrogens is 1. The van der Waals surface area contributed by atoms with Crippen molar-refractivity contribution in [2.45, 2.75) is 13.5 Å². The Morgan fingerprint density at radius 1 is 1.44 bits per heavy atom. The molecule has 16 heavy (non-hydrogen) atoms. The third-order valence-corrected chi connectivity index (χ3v) is 2.84. The van der Waals surface area contributed by atoms with E-state index in [1.54, 1.807) is 19.1 Å². The molecule has 0 saturated carbocycles. The first-order valence-electron chi connectivity index (χ1n) is 4.80. The summed E-state index contributed by atoms with van der Waals surface area (Å²) < 4.78 is 27.0. The van der Waals surface area contributed by atoms with Crippen molar-refractivity contribution in [2.75, 3.05) is 18.6 Å². The molecule has 1 rings (SSSR count). The van der Waals surface area contributed by atoms with Crippen molar-refractivity contribution in [1.29, 1.82) is 0 Å². The molecule has 6 heteroatoms. The van der Waals surface area contributed by atoms with E-state index in [9.17, 15) is 8.42 Å². The molecule has 1 aromatic heterocycles. The molecule has 0 aliphatic heterocycles. The maximum Gasteiger partial charge on any atom is 0.150 e. The molecule has 0 fully saturated rings. The average Bonchev–Trinajstić information content (AvgIpc) is 2.18. The molecule has 0 saturated heterocycles. The molecule has 0 spiro atoms. The van der Waals surface area contributed by atoms with Crippen LogP contribution < -0.4 is 4.74 Å². The van der Waals surface area contributed by atoms with Crippen molar-refractivity contribution in [1.82, 2.24) is 4.98 Å². The van der Waals surface area contributed by atoms with Crippen LogP contribution in [-0.2, 0) is 16.4 Å². The van der Waals surface area contributed by atoms with Gasteiger partial charge in [-0.2, -0.15) is 0 Å². The summed E-state index contributed by atoms with van der Waals surface area (Å²) in [5, 5.41) is 9.04. The van der Waals surface area contributed by atoms with Gasteiger partial charge in [0.2, 0.25) is 0 Å². The smallest absolute Gasteiger partial charge is 0.150 e. The van der Waals surface area contributed by atoms with Gasteiger partial charge in [-0.3, -0.25) is 4.98 Å². The maximum atomic E-state index is 10.9. The van der Waals surface area contributed by atoms with Crippen LogP contribution >= 0.6 is 0 Å². The number of ether oxygens (including phenoxy) is 1.